The molecule has 0 aromatic rings. The van der Waals surface area contributed by atoms with Crippen molar-refractivity contribution in [3.63, 3.8) is 0 Å². The van der Waals surface area contributed by atoms with Gasteiger partial charge in [0, 0.05) is 6.54 Å². The van der Waals surface area contributed by atoms with Crippen LogP contribution in [0.25, 0.3) is 0 Å². The Morgan fingerprint density at radius 2 is 1.62 bits per heavy atom. The van der Waals surface area contributed by atoms with Gasteiger partial charge in [-0.15, -0.1) is 0 Å². The van der Waals surface area contributed by atoms with Gasteiger partial charge in [0.25, 0.3) is 0 Å². The van der Waals surface area contributed by atoms with Crippen molar-refractivity contribution in [3.05, 3.63) is 11.6 Å². The molecule has 4 aliphatic carbocycles. The van der Waals surface area contributed by atoms with Gasteiger partial charge in [-0.2, -0.15) is 0 Å². The zero-order valence-electron chi connectivity index (χ0n) is 10.2. The van der Waals surface area contributed by atoms with Crippen LogP contribution in [0.2, 0.25) is 0 Å². The standard InChI is InChI=1S/C15H23N/c1-3-16-4-2-14(1)15-8-11-5-12(9-15)7-13(6-11)10-15/h1,11-13,16H,2-10H2. The van der Waals surface area contributed by atoms with Gasteiger partial charge in [-0.1, -0.05) is 11.6 Å². The molecule has 0 atom stereocenters. The van der Waals surface area contributed by atoms with Crippen LogP contribution in [-0.4, -0.2) is 13.1 Å². The summed E-state index contributed by atoms with van der Waals surface area (Å²) in [6.45, 7) is 2.37. The maximum atomic E-state index is 3.47. The summed E-state index contributed by atoms with van der Waals surface area (Å²) in [6.07, 6.45) is 13.2. The Labute approximate surface area is 98.7 Å². The summed E-state index contributed by atoms with van der Waals surface area (Å²) in [5.41, 5.74) is 2.54. The van der Waals surface area contributed by atoms with E-state index in [4.69, 9.17) is 0 Å². The highest BCUT2D eigenvalue weighted by atomic mass is 14.9. The summed E-state index contributed by atoms with van der Waals surface area (Å²) in [4.78, 5) is 0. The summed E-state index contributed by atoms with van der Waals surface area (Å²) in [6, 6.07) is 0. The molecule has 4 fully saturated rings. The molecular formula is C15H23N. The van der Waals surface area contributed by atoms with Crippen molar-refractivity contribution in [3.8, 4) is 0 Å². The third kappa shape index (κ3) is 1.33. The van der Waals surface area contributed by atoms with Gasteiger partial charge in [0.1, 0.15) is 0 Å². The van der Waals surface area contributed by atoms with Gasteiger partial charge in [-0.05, 0) is 74.7 Å². The van der Waals surface area contributed by atoms with E-state index in [0.717, 1.165) is 24.3 Å². The Hall–Kier alpha value is -0.300. The van der Waals surface area contributed by atoms with E-state index in [-0.39, 0.29) is 0 Å². The van der Waals surface area contributed by atoms with Crippen molar-refractivity contribution in [1.82, 2.24) is 5.32 Å². The van der Waals surface area contributed by atoms with Crippen molar-refractivity contribution >= 4 is 0 Å². The molecule has 0 aromatic carbocycles. The smallest absolute Gasteiger partial charge is 0.0137 e. The fourth-order valence-corrected chi connectivity index (χ4v) is 5.61. The number of hydrogen-bond acceptors (Lipinski definition) is 1. The van der Waals surface area contributed by atoms with Gasteiger partial charge >= 0.3 is 0 Å². The molecule has 16 heavy (non-hydrogen) atoms. The van der Waals surface area contributed by atoms with Crippen LogP contribution in [0.1, 0.15) is 44.9 Å². The van der Waals surface area contributed by atoms with Crippen molar-refractivity contribution in [2.75, 3.05) is 13.1 Å². The summed E-state index contributed by atoms with van der Waals surface area (Å²) in [5.74, 6) is 3.30. The average Bonchev–Trinajstić information content (AvgIpc) is 2.28. The van der Waals surface area contributed by atoms with Crippen molar-refractivity contribution in [2.24, 2.45) is 23.2 Å². The fourth-order valence-electron chi connectivity index (χ4n) is 5.61. The van der Waals surface area contributed by atoms with Crippen molar-refractivity contribution < 1.29 is 0 Å². The minimum atomic E-state index is 0.691. The number of nitrogens with one attached hydrogen (secondary N) is 1. The Morgan fingerprint density at radius 3 is 2.12 bits per heavy atom. The molecule has 1 heteroatoms. The Morgan fingerprint density at radius 1 is 1.00 bits per heavy atom. The van der Waals surface area contributed by atoms with Crippen LogP contribution < -0.4 is 5.32 Å². The van der Waals surface area contributed by atoms with E-state index in [2.05, 4.69) is 11.4 Å². The molecular weight excluding hydrogens is 194 g/mol. The zero-order chi connectivity index (χ0) is 10.6. The van der Waals surface area contributed by atoms with Crippen LogP contribution in [0.4, 0.5) is 0 Å². The minimum Gasteiger partial charge on any atom is -0.313 e. The van der Waals surface area contributed by atoms with Gasteiger partial charge in [0.2, 0.25) is 0 Å². The molecule has 0 amide bonds. The molecule has 5 aliphatic rings. The topological polar surface area (TPSA) is 12.0 Å². The lowest BCUT2D eigenvalue weighted by Gasteiger charge is -2.58. The van der Waals surface area contributed by atoms with Crippen molar-refractivity contribution in [1.29, 1.82) is 0 Å². The molecule has 88 valence electrons. The van der Waals surface area contributed by atoms with E-state index >= 15 is 0 Å². The summed E-state index contributed by atoms with van der Waals surface area (Å²) in [5, 5.41) is 3.47. The zero-order valence-corrected chi connectivity index (χ0v) is 10.2. The molecule has 0 unspecified atom stereocenters. The van der Waals surface area contributed by atoms with Crippen LogP contribution in [0, 0.1) is 23.2 Å². The maximum absolute atomic E-state index is 3.47. The molecule has 1 nitrogen and oxygen atoms in total. The van der Waals surface area contributed by atoms with E-state index in [1.165, 1.54) is 13.0 Å². The second-order valence-electron chi connectivity index (χ2n) is 6.88. The lowest BCUT2D eigenvalue weighted by Crippen LogP contribution is -2.47. The SMILES string of the molecule is C1=C(C23CC4CC(CC(C4)C2)C3)CCNC1. The predicted octanol–water partition coefficient (Wildman–Crippen LogP) is 3.12. The second-order valence-corrected chi connectivity index (χ2v) is 6.88. The highest BCUT2D eigenvalue weighted by Crippen LogP contribution is 2.63. The average molecular weight is 217 g/mol. The first-order valence-electron chi connectivity index (χ1n) is 7.24. The minimum absolute atomic E-state index is 0.691. The number of rotatable bonds is 1. The molecule has 0 spiro atoms. The lowest BCUT2D eigenvalue weighted by molar-refractivity contribution is -0.0326. The normalized spacial score (nSPS) is 50.5. The van der Waals surface area contributed by atoms with Crippen LogP contribution >= 0.6 is 0 Å². The van der Waals surface area contributed by atoms with Crippen LogP contribution in [0.3, 0.4) is 0 Å². The predicted molar refractivity (Wildman–Crippen MR) is 66.2 cm³/mol. The van der Waals surface area contributed by atoms with E-state index in [1.807, 2.05) is 5.57 Å². The Kier molecular flexibility index (Phi) is 2.03. The van der Waals surface area contributed by atoms with Gasteiger partial charge in [-0.25, -0.2) is 0 Å². The van der Waals surface area contributed by atoms with E-state index in [1.54, 1.807) is 38.5 Å². The molecule has 1 heterocycles. The lowest BCUT2D eigenvalue weighted by atomic mass is 9.47. The first-order valence-corrected chi connectivity index (χ1v) is 7.24. The fraction of sp³-hybridized carbons (Fsp3) is 0.867. The molecule has 1 N–H and O–H groups in total. The summed E-state index contributed by atoms with van der Waals surface area (Å²) < 4.78 is 0. The molecule has 4 bridgehead atoms. The molecule has 1 aliphatic heterocycles. The first kappa shape index (κ1) is 9.70. The van der Waals surface area contributed by atoms with Gasteiger partial charge < -0.3 is 5.32 Å². The van der Waals surface area contributed by atoms with Crippen LogP contribution in [-0.2, 0) is 0 Å². The van der Waals surface area contributed by atoms with Crippen LogP contribution in [0.15, 0.2) is 11.6 Å². The van der Waals surface area contributed by atoms with Gasteiger partial charge in [0.05, 0.1) is 0 Å². The first-order chi connectivity index (χ1) is 7.84. The molecule has 5 rings (SSSR count). The van der Waals surface area contributed by atoms with Gasteiger partial charge in [0.15, 0.2) is 0 Å². The highest BCUT2D eigenvalue weighted by molar-refractivity contribution is 5.22. The number of hydrogen-bond donors (Lipinski definition) is 1. The summed E-state index contributed by atoms with van der Waals surface area (Å²) >= 11 is 0. The second kappa shape index (κ2) is 3.35. The monoisotopic (exact) mass is 217 g/mol. The van der Waals surface area contributed by atoms with Crippen molar-refractivity contribution in [2.45, 2.75) is 44.9 Å². The Balaban J connectivity index is 1.68. The Bertz CT molecular complexity index is 293. The molecule has 4 saturated carbocycles. The largest absolute Gasteiger partial charge is 0.313 e. The van der Waals surface area contributed by atoms with Crippen LogP contribution in [0.5, 0.6) is 0 Å². The third-order valence-electron chi connectivity index (χ3n) is 5.78. The third-order valence-corrected chi connectivity index (χ3v) is 5.78. The van der Waals surface area contributed by atoms with E-state index < -0.39 is 0 Å². The molecule has 0 saturated heterocycles. The van der Waals surface area contributed by atoms with E-state index in [0.29, 0.717) is 5.41 Å². The summed E-state index contributed by atoms with van der Waals surface area (Å²) in [7, 11) is 0. The highest BCUT2D eigenvalue weighted by Gasteiger charge is 2.52. The molecule has 0 radical (unpaired) electrons. The maximum Gasteiger partial charge on any atom is 0.0137 e. The van der Waals surface area contributed by atoms with E-state index in [9.17, 15) is 0 Å². The molecule has 0 aromatic heterocycles. The van der Waals surface area contributed by atoms with Gasteiger partial charge in [-0.3, -0.25) is 0 Å². The quantitative estimate of drug-likeness (QED) is 0.665.